The predicted octanol–water partition coefficient (Wildman–Crippen LogP) is 2.99. The van der Waals surface area contributed by atoms with E-state index in [1.807, 2.05) is 23.9 Å². The van der Waals surface area contributed by atoms with Gasteiger partial charge in [-0.15, -0.1) is 0 Å². The molecule has 2 rings (SSSR count). The number of hydrogen-bond acceptors (Lipinski definition) is 4. The van der Waals surface area contributed by atoms with E-state index in [1.165, 1.54) is 6.08 Å². The van der Waals surface area contributed by atoms with Gasteiger partial charge in [0, 0.05) is 29.7 Å². The summed E-state index contributed by atoms with van der Waals surface area (Å²) < 4.78 is 0. The van der Waals surface area contributed by atoms with Crippen molar-refractivity contribution in [3.63, 3.8) is 0 Å². The minimum absolute atomic E-state index is 0.372. The van der Waals surface area contributed by atoms with E-state index in [9.17, 15) is 10.1 Å². The lowest BCUT2D eigenvalue weighted by molar-refractivity contribution is -0.131. The summed E-state index contributed by atoms with van der Waals surface area (Å²) in [6.07, 6.45) is 2.59. The number of rotatable bonds is 3. The van der Waals surface area contributed by atoms with Gasteiger partial charge in [0.1, 0.15) is 6.07 Å². The van der Waals surface area contributed by atoms with Crippen molar-refractivity contribution >= 4 is 29.5 Å². The van der Waals surface area contributed by atoms with E-state index in [-0.39, 0.29) is 0 Å². The predicted molar refractivity (Wildman–Crippen MR) is 86.6 cm³/mol. The van der Waals surface area contributed by atoms with E-state index in [0.29, 0.717) is 16.9 Å². The van der Waals surface area contributed by atoms with Crippen molar-refractivity contribution in [1.82, 2.24) is 0 Å². The van der Waals surface area contributed by atoms with Crippen LogP contribution in [0.25, 0.3) is 6.08 Å². The molecule has 0 amide bonds. The minimum atomic E-state index is -0.993. The molecular formula is C16H18N2O2S. The second-order valence-corrected chi connectivity index (χ2v) is 6.56. The summed E-state index contributed by atoms with van der Waals surface area (Å²) in [4.78, 5) is 12.8. The van der Waals surface area contributed by atoms with E-state index < -0.39 is 5.97 Å². The van der Waals surface area contributed by atoms with Crippen LogP contribution in [0, 0.1) is 11.3 Å². The molecular weight excluding hydrogens is 284 g/mol. The zero-order valence-corrected chi connectivity index (χ0v) is 12.9. The lowest BCUT2D eigenvalue weighted by Gasteiger charge is -2.39. The minimum Gasteiger partial charge on any atom is -0.478 e. The van der Waals surface area contributed by atoms with Gasteiger partial charge in [-0.25, -0.2) is 4.79 Å². The first-order chi connectivity index (χ1) is 10.0. The highest BCUT2D eigenvalue weighted by Crippen LogP contribution is 2.31. The molecule has 110 valence electrons. The van der Waals surface area contributed by atoms with Gasteiger partial charge in [0.2, 0.25) is 0 Å². The van der Waals surface area contributed by atoms with E-state index in [2.05, 4.69) is 24.8 Å². The van der Waals surface area contributed by atoms with E-state index >= 15 is 0 Å². The van der Waals surface area contributed by atoms with Crippen LogP contribution < -0.4 is 4.90 Å². The Kier molecular flexibility index (Phi) is 4.92. The molecule has 0 aromatic heterocycles. The molecule has 1 fully saturated rings. The summed E-state index contributed by atoms with van der Waals surface area (Å²) in [5, 5.41) is 18.6. The first-order valence-electron chi connectivity index (χ1n) is 6.86. The molecule has 0 radical (unpaired) electrons. The van der Waals surface area contributed by atoms with Gasteiger partial charge in [-0.2, -0.15) is 17.0 Å². The van der Waals surface area contributed by atoms with Crippen LogP contribution in [0.2, 0.25) is 0 Å². The largest absolute Gasteiger partial charge is 0.478 e. The quantitative estimate of drug-likeness (QED) is 0.870. The number of benzene rings is 1. The number of carboxylic acid groups (broad SMARTS) is 1. The average Bonchev–Trinajstić information content (AvgIpc) is 2.48. The fraction of sp³-hybridized carbons (Fsp3) is 0.375. The second kappa shape index (κ2) is 6.68. The van der Waals surface area contributed by atoms with Gasteiger partial charge in [0.25, 0.3) is 0 Å². The Bertz CT molecular complexity index is 607. The number of nitrogens with zero attached hydrogens (tertiary/aromatic N) is 2. The molecule has 1 aromatic carbocycles. The van der Waals surface area contributed by atoms with Crippen LogP contribution in [0.5, 0.6) is 0 Å². The summed E-state index contributed by atoms with van der Waals surface area (Å²) in [5.74, 6) is 0.0601. The first-order valence-corrected chi connectivity index (χ1v) is 7.91. The smallest absolute Gasteiger partial charge is 0.328 e. The van der Waals surface area contributed by atoms with E-state index in [0.717, 1.165) is 29.6 Å². The maximum atomic E-state index is 10.6. The number of hydrogen-bond donors (Lipinski definition) is 1. The molecule has 1 heterocycles. The van der Waals surface area contributed by atoms with Crippen LogP contribution >= 0.6 is 11.8 Å². The highest BCUT2D eigenvalue weighted by atomic mass is 32.2. The van der Waals surface area contributed by atoms with Gasteiger partial charge in [-0.3, -0.25) is 0 Å². The standard InChI is InChI=1S/C16H18N2O2S/c1-11-12(2)21-8-7-18(11)15-5-3-13(4-6-16(19)20)9-14(15)10-17/h3-6,9,11-12H,7-8H2,1-2H3,(H,19,20)/b6-4+. The van der Waals surface area contributed by atoms with Crippen molar-refractivity contribution < 1.29 is 9.90 Å². The van der Waals surface area contributed by atoms with E-state index in [4.69, 9.17) is 5.11 Å². The molecule has 1 N–H and O–H groups in total. The summed E-state index contributed by atoms with van der Waals surface area (Å²) in [6.45, 7) is 5.31. The van der Waals surface area contributed by atoms with Gasteiger partial charge in [0.15, 0.2) is 0 Å². The van der Waals surface area contributed by atoms with E-state index in [1.54, 1.807) is 6.07 Å². The Morgan fingerprint density at radius 1 is 1.52 bits per heavy atom. The Labute approximate surface area is 129 Å². The van der Waals surface area contributed by atoms with Gasteiger partial charge < -0.3 is 10.0 Å². The summed E-state index contributed by atoms with van der Waals surface area (Å²) in [5.41, 5.74) is 2.25. The summed E-state index contributed by atoms with van der Waals surface area (Å²) in [6, 6.07) is 8.11. The third-order valence-electron chi connectivity index (χ3n) is 3.75. The summed E-state index contributed by atoms with van der Waals surface area (Å²) in [7, 11) is 0. The summed E-state index contributed by atoms with van der Waals surface area (Å²) >= 11 is 1.95. The van der Waals surface area contributed by atoms with Crippen molar-refractivity contribution in [2.75, 3.05) is 17.2 Å². The van der Waals surface area contributed by atoms with Crippen LogP contribution in [-0.2, 0) is 4.79 Å². The van der Waals surface area contributed by atoms with Gasteiger partial charge in [-0.1, -0.05) is 13.0 Å². The fourth-order valence-corrected chi connectivity index (χ4v) is 3.54. The molecule has 1 aliphatic heterocycles. The van der Waals surface area contributed by atoms with Crippen LogP contribution in [0.3, 0.4) is 0 Å². The number of anilines is 1. The molecule has 21 heavy (non-hydrogen) atoms. The third kappa shape index (κ3) is 3.59. The molecule has 4 nitrogen and oxygen atoms in total. The highest BCUT2D eigenvalue weighted by Gasteiger charge is 2.26. The Hall–Kier alpha value is -1.93. The number of aliphatic carboxylic acids is 1. The molecule has 0 aliphatic carbocycles. The second-order valence-electron chi connectivity index (χ2n) is 5.07. The molecule has 1 aliphatic rings. The molecule has 2 atom stereocenters. The zero-order valence-electron chi connectivity index (χ0n) is 12.1. The molecule has 5 heteroatoms. The van der Waals surface area contributed by atoms with Crippen LogP contribution in [-0.4, -0.2) is 34.7 Å². The SMILES string of the molecule is CC1SCCN(c2ccc(/C=C/C(=O)O)cc2C#N)C1C. The lowest BCUT2D eigenvalue weighted by Crippen LogP contribution is -2.45. The fourth-order valence-electron chi connectivity index (χ4n) is 2.44. The third-order valence-corrected chi connectivity index (χ3v) is 5.09. The van der Waals surface area contributed by atoms with Gasteiger partial charge in [0.05, 0.1) is 11.3 Å². The molecule has 2 unspecified atom stereocenters. The van der Waals surface area contributed by atoms with Crippen molar-refractivity contribution in [1.29, 1.82) is 5.26 Å². The normalized spacial score (nSPS) is 22.2. The van der Waals surface area contributed by atoms with Crippen LogP contribution in [0.15, 0.2) is 24.3 Å². The maximum absolute atomic E-state index is 10.6. The van der Waals surface area contributed by atoms with Crippen LogP contribution in [0.1, 0.15) is 25.0 Å². The average molecular weight is 302 g/mol. The molecule has 0 spiro atoms. The molecule has 0 bridgehead atoms. The highest BCUT2D eigenvalue weighted by molar-refractivity contribution is 8.00. The number of nitriles is 1. The van der Waals surface area contributed by atoms with Crippen molar-refractivity contribution in [3.05, 3.63) is 35.4 Å². The van der Waals surface area contributed by atoms with Crippen molar-refractivity contribution in [2.24, 2.45) is 0 Å². The van der Waals surface area contributed by atoms with Gasteiger partial charge >= 0.3 is 5.97 Å². The number of carbonyl (C=O) groups is 1. The lowest BCUT2D eigenvalue weighted by atomic mass is 10.1. The Morgan fingerprint density at radius 2 is 2.29 bits per heavy atom. The molecule has 0 saturated carbocycles. The number of carboxylic acids is 1. The molecule has 1 aromatic rings. The maximum Gasteiger partial charge on any atom is 0.328 e. The van der Waals surface area contributed by atoms with Crippen LogP contribution in [0.4, 0.5) is 5.69 Å². The first kappa shape index (κ1) is 15.5. The number of thioether (sulfide) groups is 1. The Morgan fingerprint density at radius 3 is 2.95 bits per heavy atom. The Balaban J connectivity index is 2.32. The molecule has 1 saturated heterocycles. The van der Waals surface area contributed by atoms with Gasteiger partial charge in [-0.05, 0) is 30.7 Å². The topological polar surface area (TPSA) is 64.3 Å². The van der Waals surface area contributed by atoms with Crippen molar-refractivity contribution in [3.8, 4) is 6.07 Å². The zero-order chi connectivity index (χ0) is 15.4. The van der Waals surface area contributed by atoms with Crippen molar-refractivity contribution in [2.45, 2.75) is 25.1 Å². The monoisotopic (exact) mass is 302 g/mol.